The van der Waals surface area contributed by atoms with Crippen LogP contribution in [0.2, 0.25) is 0 Å². The van der Waals surface area contributed by atoms with E-state index in [9.17, 15) is 17.9 Å². The Balaban J connectivity index is 2.20. The Morgan fingerprint density at radius 2 is 1.68 bits per heavy atom. The molecule has 0 unspecified atom stereocenters. The first-order valence-electron chi connectivity index (χ1n) is 5.52. The van der Waals surface area contributed by atoms with Gasteiger partial charge in [-0.3, -0.25) is 0 Å². The van der Waals surface area contributed by atoms with Gasteiger partial charge < -0.3 is 5.11 Å². The smallest absolute Gasteiger partial charge is 0.243 e. The van der Waals surface area contributed by atoms with Crippen LogP contribution in [-0.2, 0) is 16.6 Å². The van der Waals surface area contributed by atoms with E-state index in [2.05, 4.69) is 4.72 Å². The van der Waals surface area contributed by atoms with Crippen molar-refractivity contribution in [1.29, 1.82) is 0 Å². The molecule has 2 aromatic rings. The molecular formula is C13H12FNO3S. The van der Waals surface area contributed by atoms with E-state index in [4.69, 9.17) is 0 Å². The molecule has 19 heavy (non-hydrogen) atoms. The zero-order valence-corrected chi connectivity index (χ0v) is 10.7. The van der Waals surface area contributed by atoms with E-state index in [-0.39, 0.29) is 12.3 Å². The van der Waals surface area contributed by atoms with E-state index in [0.717, 1.165) is 6.07 Å². The highest BCUT2D eigenvalue weighted by atomic mass is 32.2. The van der Waals surface area contributed by atoms with Crippen LogP contribution in [0, 0.1) is 5.82 Å². The highest BCUT2D eigenvalue weighted by Gasteiger charge is 2.18. The Kier molecular flexibility index (Phi) is 3.82. The average Bonchev–Trinajstić information content (AvgIpc) is 2.38. The summed E-state index contributed by atoms with van der Waals surface area (Å²) in [5, 5.41) is 9.52. The molecule has 0 atom stereocenters. The average molecular weight is 281 g/mol. The molecular weight excluding hydrogens is 269 g/mol. The summed E-state index contributed by atoms with van der Waals surface area (Å²) in [7, 11) is -3.94. The number of hydrogen-bond donors (Lipinski definition) is 2. The highest BCUT2D eigenvalue weighted by Crippen LogP contribution is 2.17. The van der Waals surface area contributed by atoms with E-state index in [0.29, 0.717) is 5.56 Å². The van der Waals surface area contributed by atoms with Gasteiger partial charge in [0.25, 0.3) is 0 Å². The second-order valence-corrected chi connectivity index (χ2v) is 5.62. The Bertz CT molecular complexity index is 686. The van der Waals surface area contributed by atoms with Gasteiger partial charge in [-0.25, -0.2) is 17.5 Å². The molecule has 0 aliphatic carbocycles. The van der Waals surface area contributed by atoms with Gasteiger partial charge in [0.2, 0.25) is 10.0 Å². The molecule has 100 valence electrons. The van der Waals surface area contributed by atoms with Crippen molar-refractivity contribution in [2.24, 2.45) is 0 Å². The number of aromatic hydroxyl groups is 1. The second-order valence-electron chi connectivity index (χ2n) is 3.88. The van der Waals surface area contributed by atoms with Crippen molar-refractivity contribution in [2.45, 2.75) is 11.4 Å². The third-order valence-electron chi connectivity index (χ3n) is 2.57. The largest absolute Gasteiger partial charge is 0.508 e. The number of phenolic OH excluding ortho intramolecular Hbond substituents is 1. The Labute approximate surface area is 110 Å². The van der Waals surface area contributed by atoms with E-state index in [1.54, 1.807) is 18.2 Å². The standard InChI is InChI=1S/C13H12FNO3S/c14-11-6-2-4-8-13(11)19(17,18)15-9-10-5-1-3-7-12(10)16/h1-8,15-16H,9H2. The third-order valence-corrected chi connectivity index (χ3v) is 4.00. The van der Waals surface area contributed by atoms with Crippen LogP contribution >= 0.6 is 0 Å². The lowest BCUT2D eigenvalue weighted by atomic mass is 10.2. The maximum atomic E-state index is 13.4. The number of hydrogen-bond acceptors (Lipinski definition) is 3. The molecule has 0 saturated heterocycles. The molecule has 0 amide bonds. The molecule has 2 rings (SSSR count). The SMILES string of the molecule is O=S(=O)(NCc1ccccc1O)c1ccccc1F. The van der Waals surface area contributed by atoms with E-state index < -0.39 is 20.7 Å². The van der Waals surface area contributed by atoms with Crippen molar-refractivity contribution in [2.75, 3.05) is 0 Å². The zero-order chi connectivity index (χ0) is 13.9. The highest BCUT2D eigenvalue weighted by molar-refractivity contribution is 7.89. The van der Waals surface area contributed by atoms with Crippen molar-refractivity contribution >= 4 is 10.0 Å². The summed E-state index contributed by atoms with van der Waals surface area (Å²) in [6.45, 7) is -0.108. The van der Waals surface area contributed by atoms with Crippen LogP contribution in [0.15, 0.2) is 53.4 Å². The Morgan fingerprint density at radius 3 is 2.37 bits per heavy atom. The van der Waals surface area contributed by atoms with Crippen molar-refractivity contribution in [3.63, 3.8) is 0 Å². The predicted octanol–water partition coefficient (Wildman–Crippen LogP) is 2.01. The molecule has 2 N–H and O–H groups in total. The molecule has 0 aromatic heterocycles. The first kappa shape index (κ1) is 13.5. The molecule has 0 fully saturated rings. The van der Waals surface area contributed by atoms with Gasteiger partial charge in [0.05, 0.1) is 0 Å². The van der Waals surface area contributed by atoms with Gasteiger partial charge in [-0.15, -0.1) is 0 Å². The second kappa shape index (κ2) is 5.38. The quantitative estimate of drug-likeness (QED) is 0.901. The minimum atomic E-state index is -3.94. The van der Waals surface area contributed by atoms with Gasteiger partial charge in [-0.1, -0.05) is 30.3 Å². The van der Waals surface area contributed by atoms with Crippen LogP contribution in [0.3, 0.4) is 0 Å². The number of phenols is 1. The van der Waals surface area contributed by atoms with E-state index >= 15 is 0 Å². The normalized spacial score (nSPS) is 11.4. The molecule has 4 nitrogen and oxygen atoms in total. The fourth-order valence-corrected chi connectivity index (χ4v) is 2.66. The first-order valence-corrected chi connectivity index (χ1v) is 7.00. The lowest BCUT2D eigenvalue weighted by Gasteiger charge is -2.08. The minimum absolute atomic E-state index is 0.0151. The van der Waals surface area contributed by atoms with Crippen LogP contribution in [0.5, 0.6) is 5.75 Å². The molecule has 0 radical (unpaired) electrons. The number of benzene rings is 2. The lowest BCUT2D eigenvalue weighted by molar-refractivity contribution is 0.467. The molecule has 0 saturated carbocycles. The van der Waals surface area contributed by atoms with Crippen molar-refractivity contribution in [3.05, 3.63) is 59.9 Å². The monoisotopic (exact) mass is 281 g/mol. The number of sulfonamides is 1. The number of para-hydroxylation sites is 1. The van der Waals surface area contributed by atoms with Gasteiger partial charge in [0.15, 0.2) is 0 Å². The molecule has 0 bridgehead atoms. The van der Waals surface area contributed by atoms with Gasteiger partial charge in [-0.05, 0) is 18.2 Å². The van der Waals surface area contributed by atoms with Crippen LogP contribution < -0.4 is 4.72 Å². The Hall–Kier alpha value is -1.92. The molecule has 6 heteroatoms. The number of rotatable bonds is 4. The van der Waals surface area contributed by atoms with Crippen LogP contribution in [0.1, 0.15) is 5.56 Å². The number of halogens is 1. The van der Waals surface area contributed by atoms with Crippen LogP contribution in [0.25, 0.3) is 0 Å². The summed E-state index contributed by atoms with van der Waals surface area (Å²) in [6.07, 6.45) is 0. The molecule has 0 spiro atoms. The fraction of sp³-hybridized carbons (Fsp3) is 0.0769. The maximum absolute atomic E-state index is 13.4. The van der Waals surface area contributed by atoms with E-state index in [1.807, 2.05) is 0 Å². The van der Waals surface area contributed by atoms with Crippen LogP contribution in [0.4, 0.5) is 4.39 Å². The summed E-state index contributed by atoms with van der Waals surface area (Å²) < 4.78 is 39.5. The van der Waals surface area contributed by atoms with Gasteiger partial charge in [0, 0.05) is 12.1 Å². The van der Waals surface area contributed by atoms with Gasteiger partial charge >= 0.3 is 0 Å². The predicted molar refractivity (Wildman–Crippen MR) is 68.5 cm³/mol. The topological polar surface area (TPSA) is 66.4 Å². The van der Waals surface area contributed by atoms with Gasteiger partial charge in [0.1, 0.15) is 16.5 Å². The molecule has 0 heterocycles. The van der Waals surface area contributed by atoms with Crippen LogP contribution in [-0.4, -0.2) is 13.5 Å². The molecule has 0 aliphatic rings. The summed E-state index contributed by atoms with van der Waals surface area (Å²) >= 11 is 0. The third kappa shape index (κ3) is 3.10. The lowest BCUT2D eigenvalue weighted by Crippen LogP contribution is -2.24. The number of nitrogens with one attached hydrogen (secondary N) is 1. The zero-order valence-electron chi connectivity index (χ0n) is 9.88. The molecule has 0 aliphatic heterocycles. The van der Waals surface area contributed by atoms with Crippen molar-refractivity contribution in [1.82, 2.24) is 4.72 Å². The van der Waals surface area contributed by atoms with Crippen molar-refractivity contribution in [3.8, 4) is 5.75 Å². The minimum Gasteiger partial charge on any atom is -0.508 e. The Morgan fingerprint density at radius 1 is 1.05 bits per heavy atom. The maximum Gasteiger partial charge on any atom is 0.243 e. The van der Waals surface area contributed by atoms with Gasteiger partial charge in [-0.2, -0.15) is 0 Å². The summed E-state index contributed by atoms with van der Waals surface area (Å²) in [6, 6.07) is 11.5. The summed E-state index contributed by atoms with van der Waals surface area (Å²) in [5.74, 6) is -0.828. The first-order chi connectivity index (χ1) is 9.00. The van der Waals surface area contributed by atoms with E-state index in [1.165, 1.54) is 24.3 Å². The molecule has 2 aromatic carbocycles. The fourth-order valence-electron chi connectivity index (χ4n) is 1.57. The summed E-state index contributed by atoms with van der Waals surface area (Å²) in [5.41, 5.74) is 0.419. The summed E-state index contributed by atoms with van der Waals surface area (Å²) in [4.78, 5) is -0.412. The van der Waals surface area contributed by atoms with Crippen molar-refractivity contribution < 1.29 is 17.9 Å².